The Balaban J connectivity index is 1.78. The van der Waals surface area contributed by atoms with Crippen LogP contribution in [0.4, 0.5) is 0 Å². The summed E-state index contributed by atoms with van der Waals surface area (Å²) in [5.41, 5.74) is 2.78. The lowest BCUT2D eigenvalue weighted by Crippen LogP contribution is -2.28. The van der Waals surface area contributed by atoms with Crippen molar-refractivity contribution >= 4 is 5.91 Å². The average molecular weight is 280 g/mol. The number of amides is 1. The molecule has 0 aliphatic carbocycles. The Labute approximate surface area is 124 Å². The summed E-state index contributed by atoms with van der Waals surface area (Å²) in [5.74, 6) is 0.389. The summed E-state index contributed by atoms with van der Waals surface area (Å²) in [5, 5.41) is 11.5. The largest absolute Gasteiger partial charge is 0.484 e. The Bertz CT molecular complexity index is 657. The van der Waals surface area contributed by atoms with Gasteiger partial charge in [0, 0.05) is 6.54 Å². The second-order valence-corrected chi connectivity index (χ2v) is 4.69. The van der Waals surface area contributed by atoms with Gasteiger partial charge in [0.05, 0.1) is 11.6 Å². The van der Waals surface area contributed by atoms with E-state index in [0.717, 1.165) is 11.1 Å². The highest BCUT2D eigenvalue weighted by atomic mass is 16.5. The number of hydrogen-bond donors (Lipinski definition) is 1. The van der Waals surface area contributed by atoms with E-state index in [1.165, 1.54) is 0 Å². The second kappa shape index (κ2) is 7.11. The zero-order valence-electron chi connectivity index (χ0n) is 11.8. The standard InChI is InChI=1S/C17H16N2O2/c1-13-3-2-4-15(9-13)11-19-17(20)12-21-16-7-5-14(10-18)6-8-16/h2-9H,11-12H2,1H3,(H,19,20). The van der Waals surface area contributed by atoms with Gasteiger partial charge in [-0.1, -0.05) is 29.8 Å². The summed E-state index contributed by atoms with van der Waals surface area (Å²) in [4.78, 5) is 11.7. The number of ether oxygens (including phenoxy) is 1. The van der Waals surface area contributed by atoms with Crippen LogP contribution in [0.2, 0.25) is 0 Å². The molecule has 0 bridgehead atoms. The number of carbonyl (C=O) groups excluding carboxylic acids is 1. The van der Waals surface area contributed by atoms with Gasteiger partial charge in [0.2, 0.25) is 0 Å². The van der Waals surface area contributed by atoms with Gasteiger partial charge < -0.3 is 10.1 Å². The minimum atomic E-state index is -0.180. The lowest BCUT2D eigenvalue weighted by atomic mass is 10.1. The Hall–Kier alpha value is -2.80. The molecule has 0 spiro atoms. The van der Waals surface area contributed by atoms with Crippen LogP contribution in [-0.2, 0) is 11.3 Å². The van der Waals surface area contributed by atoms with Crippen LogP contribution in [-0.4, -0.2) is 12.5 Å². The molecule has 0 aromatic heterocycles. The number of aryl methyl sites for hydroxylation is 1. The number of nitrogens with one attached hydrogen (secondary N) is 1. The van der Waals surface area contributed by atoms with Crippen LogP contribution in [0, 0.1) is 18.3 Å². The molecule has 4 heteroatoms. The van der Waals surface area contributed by atoms with Crippen LogP contribution < -0.4 is 10.1 Å². The molecule has 0 fully saturated rings. The predicted octanol–water partition coefficient (Wildman–Crippen LogP) is 2.56. The maximum absolute atomic E-state index is 11.7. The fourth-order valence-electron chi connectivity index (χ4n) is 1.85. The molecular weight excluding hydrogens is 264 g/mol. The van der Waals surface area contributed by atoms with E-state index in [4.69, 9.17) is 10.00 Å². The minimum absolute atomic E-state index is 0.0439. The third kappa shape index (κ3) is 4.66. The van der Waals surface area contributed by atoms with Crippen LogP contribution in [0.15, 0.2) is 48.5 Å². The third-order valence-electron chi connectivity index (χ3n) is 2.93. The molecule has 0 unspecified atom stereocenters. The summed E-state index contributed by atoms with van der Waals surface area (Å²) in [6, 6.07) is 16.7. The maximum atomic E-state index is 11.7. The molecule has 106 valence electrons. The van der Waals surface area contributed by atoms with E-state index in [0.29, 0.717) is 17.9 Å². The smallest absolute Gasteiger partial charge is 0.258 e. The molecule has 4 nitrogen and oxygen atoms in total. The Morgan fingerprint density at radius 1 is 1.24 bits per heavy atom. The van der Waals surface area contributed by atoms with Gasteiger partial charge in [-0.05, 0) is 36.8 Å². The first-order valence-corrected chi connectivity index (χ1v) is 6.62. The first-order valence-electron chi connectivity index (χ1n) is 6.62. The number of benzene rings is 2. The topological polar surface area (TPSA) is 62.1 Å². The van der Waals surface area contributed by atoms with Gasteiger partial charge in [-0.3, -0.25) is 4.79 Å². The molecule has 21 heavy (non-hydrogen) atoms. The molecule has 0 aliphatic heterocycles. The van der Waals surface area contributed by atoms with Crippen molar-refractivity contribution in [3.8, 4) is 11.8 Å². The van der Waals surface area contributed by atoms with Gasteiger partial charge in [0.25, 0.3) is 5.91 Å². The number of rotatable bonds is 5. The molecule has 0 saturated heterocycles. The van der Waals surface area contributed by atoms with Crippen molar-refractivity contribution in [1.29, 1.82) is 5.26 Å². The second-order valence-electron chi connectivity index (χ2n) is 4.69. The van der Waals surface area contributed by atoms with E-state index in [-0.39, 0.29) is 12.5 Å². The maximum Gasteiger partial charge on any atom is 0.258 e. The van der Waals surface area contributed by atoms with Crippen LogP contribution in [0.5, 0.6) is 5.75 Å². The van der Waals surface area contributed by atoms with E-state index in [1.807, 2.05) is 37.3 Å². The molecule has 2 aromatic carbocycles. The Kier molecular flexibility index (Phi) is 4.94. The monoisotopic (exact) mass is 280 g/mol. The molecule has 0 aliphatic rings. The Morgan fingerprint density at radius 2 is 2.00 bits per heavy atom. The lowest BCUT2D eigenvalue weighted by molar-refractivity contribution is -0.123. The molecule has 2 rings (SSSR count). The van der Waals surface area contributed by atoms with Crippen molar-refractivity contribution in [1.82, 2.24) is 5.32 Å². The summed E-state index contributed by atoms with van der Waals surface area (Å²) >= 11 is 0. The third-order valence-corrected chi connectivity index (χ3v) is 2.93. The van der Waals surface area contributed by atoms with Gasteiger partial charge in [0.15, 0.2) is 6.61 Å². The van der Waals surface area contributed by atoms with Crippen molar-refractivity contribution in [3.63, 3.8) is 0 Å². The number of carbonyl (C=O) groups is 1. The number of nitriles is 1. The molecule has 0 atom stereocenters. The van der Waals surface area contributed by atoms with Crippen LogP contribution in [0.1, 0.15) is 16.7 Å². The van der Waals surface area contributed by atoms with E-state index >= 15 is 0 Å². The molecule has 2 aromatic rings. The molecule has 0 heterocycles. The summed E-state index contributed by atoms with van der Waals surface area (Å²) in [6.45, 7) is 2.45. The molecule has 1 amide bonds. The fraction of sp³-hybridized carbons (Fsp3) is 0.176. The van der Waals surface area contributed by atoms with Crippen molar-refractivity contribution in [2.75, 3.05) is 6.61 Å². The van der Waals surface area contributed by atoms with Gasteiger partial charge in [0.1, 0.15) is 5.75 Å². The summed E-state index contributed by atoms with van der Waals surface area (Å²) in [7, 11) is 0. The normalized spacial score (nSPS) is 9.71. The van der Waals surface area contributed by atoms with Crippen molar-refractivity contribution < 1.29 is 9.53 Å². The molecule has 0 radical (unpaired) electrons. The molecular formula is C17H16N2O2. The highest BCUT2D eigenvalue weighted by Crippen LogP contribution is 2.11. The predicted molar refractivity (Wildman–Crippen MR) is 79.7 cm³/mol. The van der Waals surface area contributed by atoms with Gasteiger partial charge in [-0.2, -0.15) is 5.26 Å². The Morgan fingerprint density at radius 3 is 2.67 bits per heavy atom. The molecule has 0 saturated carbocycles. The van der Waals surface area contributed by atoms with Crippen LogP contribution in [0.3, 0.4) is 0 Å². The van der Waals surface area contributed by atoms with E-state index < -0.39 is 0 Å². The minimum Gasteiger partial charge on any atom is -0.484 e. The van der Waals surface area contributed by atoms with Crippen molar-refractivity contribution in [3.05, 3.63) is 65.2 Å². The van der Waals surface area contributed by atoms with E-state index in [2.05, 4.69) is 5.32 Å². The quantitative estimate of drug-likeness (QED) is 0.915. The first-order chi connectivity index (χ1) is 10.2. The SMILES string of the molecule is Cc1cccc(CNC(=O)COc2ccc(C#N)cc2)c1. The summed E-state index contributed by atoms with van der Waals surface area (Å²) in [6.07, 6.45) is 0. The average Bonchev–Trinajstić information content (AvgIpc) is 2.51. The highest BCUT2D eigenvalue weighted by molar-refractivity contribution is 5.77. The van der Waals surface area contributed by atoms with Crippen LogP contribution in [0.25, 0.3) is 0 Å². The summed E-state index contributed by atoms with van der Waals surface area (Å²) < 4.78 is 5.36. The zero-order valence-corrected chi connectivity index (χ0v) is 11.8. The van der Waals surface area contributed by atoms with E-state index in [1.54, 1.807) is 24.3 Å². The van der Waals surface area contributed by atoms with Crippen molar-refractivity contribution in [2.24, 2.45) is 0 Å². The fourth-order valence-corrected chi connectivity index (χ4v) is 1.85. The van der Waals surface area contributed by atoms with Gasteiger partial charge >= 0.3 is 0 Å². The zero-order chi connectivity index (χ0) is 15.1. The first kappa shape index (κ1) is 14.6. The van der Waals surface area contributed by atoms with Gasteiger partial charge in [-0.15, -0.1) is 0 Å². The number of nitrogens with zero attached hydrogens (tertiary/aromatic N) is 1. The highest BCUT2D eigenvalue weighted by Gasteiger charge is 2.03. The number of hydrogen-bond acceptors (Lipinski definition) is 3. The molecule has 1 N–H and O–H groups in total. The van der Waals surface area contributed by atoms with E-state index in [9.17, 15) is 4.79 Å². The lowest BCUT2D eigenvalue weighted by Gasteiger charge is -2.08. The van der Waals surface area contributed by atoms with Gasteiger partial charge in [-0.25, -0.2) is 0 Å². The van der Waals surface area contributed by atoms with Crippen LogP contribution >= 0.6 is 0 Å². The van der Waals surface area contributed by atoms with Crippen molar-refractivity contribution in [2.45, 2.75) is 13.5 Å².